The third-order valence-corrected chi connectivity index (χ3v) is 3.72. The maximum atomic E-state index is 6.10. The van der Waals surface area contributed by atoms with Gasteiger partial charge in [-0.1, -0.05) is 53.0 Å². The molecule has 2 N–H and O–H groups in total. The highest BCUT2D eigenvalue weighted by Crippen LogP contribution is 2.38. The first-order valence-corrected chi connectivity index (χ1v) is 6.77. The Morgan fingerprint density at radius 1 is 1.05 bits per heavy atom. The first-order valence-electron chi connectivity index (χ1n) is 5.64. The van der Waals surface area contributed by atoms with Crippen LogP contribution in [0.1, 0.15) is 11.1 Å². The Balaban J connectivity index is 2.44. The molecule has 0 unspecified atom stereocenters. The van der Waals surface area contributed by atoms with Crippen molar-refractivity contribution in [3.63, 3.8) is 0 Å². The molecule has 2 rings (SSSR count). The topological polar surface area (TPSA) is 35.2 Å². The van der Waals surface area contributed by atoms with Crippen molar-refractivity contribution in [3.8, 4) is 11.5 Å². The van der Waals surface area contributed by atoms with Crippen LogP contribution in [0.3, 0.4) is 0 Å². The van der Waals surface area contributed by atoms with E-state index in [1.165, 1.54) is 0 Å². The number of rotatable bonds is 3. The summed E-state index contributed by atoms with van der Waals surface area (Å²) >= 11 is 18.0. The van der Waals surface area contributed by atoms with E-state index in [4.69, 9.17) is 45.3 Å². The molecule has 0 fully saturated rings. The monoisotopic (exact) mass is 315 g/mol. The van der Waals surface area contributed by atoms with E-state index in [9.17, 15) is 0 Å². The molecule has 5 heteroatoms. The summed E-state index contributed by atoms with van der Waals surface area (Å²) in [6.45, 7) is 2.33. The van der Waals surface area contributed by atoms with Gasteiger partial charge < -0.3 is 10.5 Å². The van der Waals surface area contributed by atoms with Crippen LogP contribution in [0.15, 0.2) is 30.3 Å². The van der Waals surface area contributed by atoms with Gasteiger partial charge in [-0.15, -0.1) is 0 Å². The molecular formula is C14H12Cl3NO. The minimum atomic E-state index is 0.385. The first kappa shape index (κ1) is 14.5. The van der Waals surface area contributed by atoms with Gasteiger partial charge in [0.1, 0.15) is 11.5 Å². The normalized spacial score (nSPS) is 10.6. The quantitative estimate of drug-likeness (QED) is 0.789. The SMILES string of the molecule is Cc1cccc(CN)c1Oc1cc(Cl)c(Cl)cc1Cl. The van der Waals surface area contributed by atoms with Crippen molar-refractivity contribution in [1.29, 1.82) is 0 Å². The van der Waals surface area contributed by atoms with Gasteiger partial charge in [0, 0.05) is 18.2 Å². The standard InChI is InChI=1S/C14H12Cl3NO/c1-8-3-2-4-9(7-18)14(8)19-13-6-11(16)10(15)5-12(13)17/h2-6H,7,18H2,1H3. The third kappa shape index (κ3) is 3.15. The minimum Gasteiger partial charge on any atom is -0.455 e. The Morgan fingerprint density at radius 2 is 1.74 bits per heavy atom. The van der Waals surface area contributed by atoms with E-state index in [0.717, 1.165) is 11.1 Å². The van der Waals surface area contributed by atoms with Crippen molar-refractivity contribution >= 4 is 34.8 Å². The average Bonchev–Trinajstić information content (AvgIpc) is 2.38. The van der Waals surface area contributed by atoms with Gasteiger partial charge >= 0.3 is 0 Å². The number of ether oxygens (including phenoxy) is 1. The summed E-state index contributed by atoms with van der Waals surface area (Å²) in [5, 5.41) is 1.19. The second-order valence-electron chi connectivity index (χ2n) is 4.07. The summed E-state index contributed by atoms with van der Waals surface area (Å²) in [4.78, 5) is 0. The Morgan fingerprint density at radius 3 is 2.42 bits per heavy atom. The van der Waals surface area contributed by atoms with E-state index in [-0.39, 0.29) is 0 Å². The van der Waals surface area contributed by atoms with E-state index in [1.807, 2.05) is 25.1 Å². The summed E-state index contributed by atoms with van der Waals surface area (Å²) < 4.78 is 5.84. The molecular weight excluding hydrogens is 305 g/mol. The van der Waals surface area contributed by atoms with Crippen LogP contribution in [0.2, 0.25) is 15.1 Å². The summed E-state index contributed by atoms with van der Waals surface area (Å²) in [6.07, 6.45) is 0. The second-order valence-corrected chi connectivity index (χ2v) is 5.29. The number of halogens is 3. The molecule has 0 heterocycles. The molecule has 19 heavy (non-hydrogen) atoms. The predicted molar refractivity (Wildman–Crippen MR) is 80.6 cm³/mol. The molecule has 0 aliphatic carbocycles. The smallest absolute Gasteiger partial charge is 0.147 e. The molecule has 0 aliphatic heterocycles. The van der Waals surface area contributed by atoms with E-state index in [2.05, 4.69) is 0 Å². The highest BCUT2D eigenvalue weighted by molar-refractivity contribution is 6.43. The molecule has 0 radical (unpaired) electrons. The molecule has 0 aromatic heterocycles. The molecule has 0 amide bonds. The van der Waals surface area contributed by atoms with E-state index in [1.54, 1.807) is 12.1 Å². The molecule has 2 aromatic rings. The Labute approximate surface area is 127 Å². The molecule has 0 saturated carbocycles. The summed E-state index contributed by atoms with van der Waals surface area (Å²) in [7, 11) is 0. The van der Waals surface area contributed by atoms with Crippen LogP contribution in [-0.2, 0) is 6.54 Å². The maximum Gasteiger partial charge on any atom is 0.147 e. The summed E-state index contributed by atoms with van der Waals surface area (Å²) in [6, 6.07) is 8.94. The lowest BCUT2D eigenvalue weighted by molar-refractivity contribution is 0.473. The van der Waals surface area contributed by atoms with Crippen molar-refractivity contribution in [2.24, 2.45) is 5.73 Å². The average molecular weight is 317 g/mol. The van der Waals surface area contributed by atoms with Gasteiger partial charge in [-0.25, -0.2) is 0 Å². The van der Waals surface area contributed by atoms with Gasteiger partial charge in [0.25, 0.3) is 0 Å². The fraction of sp³-hybridized carbons (Fsp3) is 0.143. The molecule has 2 nitrogen and oxygen atoms in total. The fourth-order valence-corrected chi connectivity index (χ4v) is 2.29. The van der Waals surface area contributed by atoms with Crippen molar-refractivity contribution < 1.29 is 4.74 Å². The first-order chi connectivity index (χ1) is 9.02. The lowest BCUT2D eigenvalue weighted by Crippen LogP contribution is -2.01. The Kier molecular flexibility index (Phi) is 4.58. The zero-order chi connectivity index (χ0) is 14.0. The van der Waals surface area contributed by atoms with Crippen molar-refractivity contribution in [3.05, 3.63) is 56.5 Å². The van der Waals surface area contributed by atoms with Crippen LogP contribution in [0, 0.1) is 6.92 Å². The van der Waals surface area contributed by atoms with Gasteiger partial charge in [0.15, 0.2) is 0 Å². The minimum absolute atomic E-state index is 0.385. The van der Waals surface area contributed by atoms with Crippen molar-refractivity contribution in [2.45, 2.75) is 13.5 Å². The summed E-state index contributed by atoms with van der Waals surface area (Å²) in [5.74, 6) is 1.16. The molecule has 0 bridgehead atoms. The van der Waals surface area contributed by atoms with Crippen LogP contribution < -0.4 is 10.5 Å². The van der Waals surface area contributed by atoms with Crippen LogP contribution in [0.5, 0.6) is 11.5 Å². The highest BCUT2D eigenvalue weighted by atomic mass is 35.5. The predicted octanol–water partition coefficient (Wildman–Crippen LogP) is 5.21. The van der Waals surface area contributed by atoms with E-state index in [0.29, 0.717) is 33.1 Å². The lowest BCUT2D eigenvalue weighted by Gasteiger charge is -2.14. The fourth-order valence-electron chi connectivity index (χ4n) is 1.71. The number of nitrogens with two attached hydrogens (primary N) is 1. The van der Waals surface area contributed by atoms with Gasteiger partial charge in [0.2, 0.25) is 0 Å². The lowest BCUT2D eigenvalue weighted by atomic mass is 10.1. The second kappa shape index (κ2) is 6.02. The zero-order valence-electron chi connectivity index (χ0n) is 10.2. The number of hydrogen-bond donors (Lipinski definition) is 1. The molecule has 100 valence electrons. The summed E-state index contributed by atoms with van der Waals surface area (Å²) in [5.41, 5.74) is 7.59. The Hall–Kier alpha value is -0.930. The number of benzene rings is 2. The molecule has 0 atom stereocenters. The van der Waals surface area contributed by atoms with E-state index < -0.39 is 0 Å². The Bertz CT molecular complexity index is 614. The molecule has 0 saturated heterocycles. The number of hydrogen-bond acceptors (Lipinski definition) is 2. The van der Waals surface area contributed by atoms with Crippen LogP contribution >= 0.6 is 34.8 Å². The van der Waals surface area contributed by atoms with Gasteiger partial charge in [0.05, 0.1) is 15.1 Å². The largest absolute Gasteiger partial charge is 0.455 e. The van der Waals surface area contributed by atoms with Gasteiger partial charge in [-0.3, -0.25) is 0 Å². The van der Waals surface area contributed by atoms with Crippen molar-refractivity contribution in [2.75, 3.05) is 0 Å². The van der Waals surface area contributed by atoms with Gasteiger partial charge in [-0.05, 0) is 18.6 Å². The highest BCUT2D eigenvalue weighted by Gasteiger charge is 2.12. The molecule has 2 aromatic carbocycles. The number of aryl methyl sites for hydroxylation is 1. The van der Waals surface area contributed by atoms with E-state index >= 15 is 0 Å². The third-order valence-electron chi connectivity index (χ3n) is 2.70. The van der Waals surface area contributed by atoms with Crippen LogP contribution in [0.4, 0.5) is 0 Å². The maximum absolute atomic E-state index is 6.10. The number of para-hydroxylation sites is 1. The van der Waals surface area contributed by atoms with Crippen LogP contribution in [0.25, 0.3) is 0 Å². The zero-order valence-corrected chi connectivity index (χ0v) is 12.5. The molecule has 0 aliphatic rings. The van der Waals surface area contributed by atoms with Crippen LogP contribution in [-0.4, -0.2) is 0 Å². The van der Waals surface area contributed by atoms with Crippen molar-refractivity contribution in [1.82, 2.24) is 0 Å². The molecule has 0 spiro atoms. The van der Waals surface area contributed by atoms with Gasteiger partial charge in [-0.2, -0.15) is 0 Å².